The molecule has 0 spiro atoms. The first-order valence-corrected chi connectivity index (χ1v) is 15.4. The summed E-state index contributed by atoms with van der Waals surface area (Å²) >= 11 is 7.00. The van der Waals surface area contributed by atoms with Gasteiger partial charge in [0.15, 0.2) is 0 Å². The summed E-state index contributed by atoms with van der Waals surface area (Å²) in [6.07, 6.45) is 4.00. The Balaban J connectivity index is 1.44. The fourth-order valence-electron chi connectivity index (χ4n) is 4.78. The molecule has 1 aliphatic rings. The van der Waals surface area contributed by atoms with Gasteiger partial charge in [0.25, 0.3) is 0 Å². The first-order chi connectivity index (χ1) is 17.9. The van der Waals surface area contributed by atoms with Gasteiger partial charge in [-0.05, 0) is 91.8 Å². The molecule has 0 saturated heterocycles. The van der Waals surface area contributed by atoms with Gasteiger partial charge in [-0.3, -0.25) is 9.59 Å². The molecular weight excluding hydrogens is 541 g/mol. The lowest BCUT2D eigenvalue weighted by Crippen LogP contribution is -2.02. The second-order valence-corrected chi connectivity index (χ2v) is 13.9. The molecule has 4 aromatic heterocycles. The second-order valence-electron chi connectivity index (χ2n) is 9.01. The molecule has 5 rings (SSSR count). The molecule has 1 aliphatic carbocycles. The van der Waals surface area contributed by atoms with Gasteiger partial charge in [0, 0.05) is 39.0 Å². The van der Waals surface area contributed by atoms with E-state index in [-0.39, 0.29) is 11.9 Å². The lowest BCUT2D eigenvalue weighted by molar-refractivity contribution is -0.140. The molecule has 192 valence electrons. The van der Waals surface area contributed by atoms with Gasteiger partial charge in [-0.25, -0.2) is 0 Å². The lowest BCUT2D eigenvalue weighted by atomic mass is 9.97. The molecule has 4 aromatic rings. The Kier molecular flexibility index (Phi) is 7.81. The standard InChI is InChI=1S/C29H28O4S4/c1-16-22(14-26(34-16)24-10-8-18(36-24)12-28(30)32-3)20-6-5-7-21(20)23-15-27(35-17(23)2)25-11-9-19(37-25)13-29(31)33-4/h8-11,14-15H,5-7,12-13H2,1-4H3. The summed E-state index contributed by atoms with van der Waals surface area (Å²) in [5.41, 5.74) is 5.66. The fourth-order valence-corrected chi connectivity index (χ4v) is 9.03. The van der Waals surface area contributed by atoms with E-state index in [1.807, 2.05) is 34.8 Å². The van der Waals surface area contributed by atoms with Gasteiger partial charge in [-0.1, -0.05) is 0 Å². The summed E-state index contributed by atoms with van der Waals surface area (Å²) in [6.45, 7) is 4.44. The second kappa shape index (κ2) is 11.1. The number of esters is 2. The summed E-state index contributed by atoms with van der Waals surface area (Å²) in [5.74, 6) is -0.408. The van der Waals surface area contributed by atoms with E-state index in [4.69, 9.17) is 9.47 Å². The molecule has 4 heterocycles. The zero-order chi connectivity index (χ0) is 26.1. The van der Waals surface area contributed by atoms with E-state index in [0.29, 0.717) is 12.8 Å². The van der Waals surface area contributed by atoms with Crippen molar-refractivity contribution in [2.24, 2.45) is 0 Å². The molecule has 0 amide bonds. The molecule has 0 N–H and O–H groups in total. The van der Waals surface area contributed by atoms with E-state index < -0.39 is 0 Å². The molecule has 0 radical (unpaired) electrons. The molecule has 0 aliphatic heterocycles. The highest BCUT2D eigenvalue weighted by Crippen LogP contribution is 2.48. The summed E-state index contributed by atoms with van der Waals surface area (Å²) in [6, 6.07) is 13.0. The van der Waals surface area contributed by atoms with Crippen LogP contribution in [0.4, 0.5) is 0 Å². The van der Waals surface area contributed by atoms with Crippen LogP contribution in [0.3, 0.4) is 0 Å². The number of carbonyl (C=O) groups excluding carboxylic acids is 2. The molecule has 0 fully saturated rings. The van der Waals surface area contributed by atoms with Gasteiger partial charge in [-0.2, -0.15) is 0 Å². The van der Waals surface area contributed by atoms with Crippen molar-refractivity contribution in [2.75, 3.05) is 14.2 Å². The van der Waals surface area contributed by atoms with Crippen molar-refractivity contribution in [1.82, 2.24) is 0 Å². The maximum Gasteiger partial charge on any atom is 0.310 e. The zero-order valence-corrected chi connectivity index (χ0v) is 24.5. The van der Waals surface area contributed by atoms with Crippen LogP contribution < -0.4 is 0 Å². The monoisotopic (exact) mass is 568 g/mol. The number of rotatable bonds is 8. The molecule has 0 aromatic carbocycles. The van der Waals surface area contributed by atoms with Crippen LogP contribution in [0.5, 0.6) is 0 Å². The van der Waals surface area contributed by atoms with Gasteiger partial charge < -0.3 is 9.47 Å². The quantitative estimate of drug-likeness (QED) is 0.200. The van der Waals surface area contributed by atoms with Crippen LogP contribution in [-0.2, 0) is 31.9 Å². The SMILES string of the molecule is COC(=O)Cc1ccc(-c2cc(C3=C(c4cc(-c5ccc(CC(=O)OC)s5)sc4C)CCC3)c(C)s2)s1. The molecule has 0 atom stereocenters. The largest absolute Gasteiger partial charge is 0.469 e. The summed E-state index contributed by atoms with van der Waals surface area (Å²) in [4.78, 5) is 33.0. The van der Waals surface area contributed by atoms with Crippen LogP contribution in [0.15, 0.2) is 36.4 Å². The number of allylic oxidation sites excluding steroid dienone is 2. The van der Waals surface area contributed by atoms with Crippen molar-refractivity contribution in [2.45, 2.75) is 46.0 Å². The maximum absolute atomic E-state index is 11.7. The summed E-state index contributed by atoms with van der Waals surface area (Å²) in [5, 5.41) is 0. The van der Waals surface area contributed by atoms with Crippen molar-refractivity contribution in [3.63, 3.8) is 0 Å². The van der Waals surface area contributed by atoms with Crippen molar-refractivity contribution >= 4 is 68.4 Å². The van der Waals surface area contributed by atoms with Crippen LogP contribution in [-0.4, -0.2) is 26.2 Å². The number of ether oxygens (including phenoxy) is 2. The number of hydrogen-bond donors (Lipinski definition) is 0. The van der Waals surface area contributed by atoms with Gasteiger partial charge in [0.1, 0.15) is 0 Å². The highest BCUT2D eigenvalue weighted by molar-refractivity contribution is 7.23. The van der Waals surface area contributed by atoms with E-state index in [9.17, 15) is 9.59 Å². The highest BCUT2D eigenvalue weighted by Gasteiger charge is 2.24. The number of methoxy groups -OCH3 is 2. The highest BCUT2D eigenvalue weighted by atomic mass is 32.1. The van der Waals surface area contributed by atoms with Crippen molar-refractivity contribution in [1.29, 1.82) is 0 Å². The minimum Gasteiger partial charge on any atom is -0.469 e. The number of carbonyl (C=O) groups is 2. The summed E-state index contributed by atoms with van der Waals surface area (Å²) < 4.78 is 9.64. The molecule has 4 nitrogen and oxygen atoms in total. The average Bonchev–Trinajstić information content (AvgIpc) is 3.69. The van der Waals surface area contributed by atoms with Crippen LogP contribution in [0, 0.1) is 13.8 Å². The molecule has 0 unspecified atom stereocenters. The van der Waals surface area contributed by atoms with Crippen LogP contribution in [0.2, 0.25) is 0 Å². The first kappa shape index (κ1) is 26.1. The number of aryl methyl sites for hydroxylation is 2. The minimum absolute atomic E-state index is 0.204. The third kappa shape index (κ3) is 5.53. The van der Waals surface area contributed by atoms with E-state index in [0.717, 1.165) is 22.6 Å². The van der Waals surface area contributed by atoms with E-state index in [2.05, 4.69) is 38.1 Å². The van der Waals surface area contributed by atoms with Crippen LogP contribution in [0.1, 0.15) is 49.9 Å². The van der Waals surface area contributed by atoms with Gasteiger partial charge in [0.2, 0.25) is 0 Å². The van der Waals surface area contributed by atoms with Crippen molar-refractivity contribution < 1.29 is 19.1 Å². The molecular formula is C29H28O4S4. The normalized spacial score (nSPS) is 13.4. The third-order valence-electron chi connectivity index (χ3n) is 6.61. The zero-order valence-electron chi connectivity index (χ0n) is 21.3. The van der Waals surface area contributed by atoms with Gasteiger partial charge in [0.05, 0.1) is 27.1 Å². The minimum atomic E-state index is -0.204. The molecule has 0 bridgehead atoms. The Morgan fingerprint density at radius 3 is 1.51 bits per heavy atom. The molecule has 8 heteroatoms. The van der Waals surface area contributed by atoms with E-state index in [1.54, 1.807) is 22.7 Å². The third-order valence-corrected chi connectivity index (χ3v) is 11.3. The number of thiophene rings is 4. The Morgan fingerprint density at radius 1 is 0.676 bits per heavy atom. The Labute approximate surface area is 233 Å². The summed E-state index contributed by atoms with van der Waals surface area (Å²) in [7, 11) is 2.86. The van der Waals surface area contributed by atoms with Crippen LogP contribution in [0.25, 0.3) is 30.7 Å². The van der Waals surface area contributed by atoms with Gasteiger partial charge in [-0.15, -0.1) is 45.3 Å². The number of hydrogen-bond acceptors (Lipinski definition) is 8. The Morgan fingerprint density at radius 2 is 1.11 bits per heavy atom. The Bertz CT molecular complexity index is 1380. The van der Waals surface area contributed by atoms with Crippen molar-refractivity contribution in [3.8, 4) is 19.5 Å². The van der Waals surface area contributed by atoms with E-state index >= 15 is 0 Å². The Hall–Kier alpha value is -2.52. The van der Waals surface area contributed by atoms with Crippen LogP contribution >= 0.6 is 45.3 Å². The maximum atomic E-state index is 11.7. The van der Waals surface area contributed by atoms with Gasteiger partial charge >= 0.3 is 11.9 Å². The topological polar surface area (TPSA) is 52.6 Å². The first-order valence-electron chi connectivity index (χ1n) is 12.1. The average molecular weight is 569 g/mol. The molecule has 0 saturated carbocycles. The lowest BCUT2D eigenvalue weighted by Gasteiger charge is -2.07. The van der Waals surface area contributed by atoms with E-state index in [1.165, 1.54) is 72.2 Å². The predicted molar refractivity (Wildman–Crippen MR) is 157 cm³/mol. The van der Waals surface area contributed by atoms with Crippen molar-refractivity contribution in [3.05, 3.63) is 67.0 Å². The smallest absolute Gasteiger partial charge is 0.310 e. The predicted octanol–water partition coefficient (Wildman–Crippen LogP) is 8.41. The fraction of sp³-hybridized carbons (Fsp3) is 0.310. The molecule has 37 heavy (non-hydrogen) atoms.